The molecule has 2 unspecified atom stereocenters. The van der Waals surface area contributed by atoms with E-state index >= 15 is 0 Å². The lowest BCUT2D eigenvalue weighted by Crippen LogP contribution is -2.50. The lowest BCUT2D eigenvalue weighted by atomic mass is 9.83. The quantitative estimate of drug-likeness (QED) is 0.121. The minimum absolute atomic E-state index is 0.109. The van der Waals surface area contributed by atoms with Crippen LogP contribution >= 0.6 is 0 Å². The monoisotopic (exact) mass is 656 g/mol. The zero-order valence-electron chi connectivity index (χ0n) is 28.4. The van der Waals surface area contributed by atoms with Gasteiger partial charge in [-0.2, -0.15) is 5.26 Å². The van der Waals surface area contributed by atoms with Crippen LogP contribution in [0, 0.1) is 23.2 Å². The molecule has 0 bridgehead atoms. The molecule has 0 spiro atoms. The van der Waals surface area contributed by atoms with Crippen LogP contribution in [0.5, 0.6) is 0 Å². The fourth-order valence-electron chi connectivity index (χ4n) is 7.46. The first-order valence-corrected chi connectivity index (χ1v) is 17.9. The molecule has 1 aliphatic heterocycles. The number of rotatable bonds is 18. The second-order valence-electron chi connectivity index (χ2n) is 13.6. The predicted octanol–water partition coefficient (Wildman–Crippen LogP) is 5.46. The molecule has 3 aromatic rings. The molecule has 1 aliphatic carbocycles. The molecule has 1 saturated heterocycles. The van der Waals surface area contributed by atoms with Gasteiger partial charge in [0, 0.05) is 52.4 Å². The molecule has 5 rings (SSSR count). The third kappa shape index (κ3) is 9.54. The minimum Gasteiger partial charge on any atom is -0.390 e. The molecule has 1 heterocycles. The van der Waals surface area contributed by atoms with Crippen molar-refractivity contribution >= 4 is 11.4 Å². The normalized spacial score (nSPS) is 19.1. The number of ether oxygens (including phenoxy) is 2. The average Bonchev–Trinajstić information content (AvgIpc) is 3.13. The molecule has 3 N–H and O–H groups in total. The van der Waals surface area contributed by atoms with E-state index in [0.717, 1.165) is 56.1 Å². The molecule has 1 saturated carbocycles. The van der Waals surface area contributed by atoms with Crippen LogP contribution in [-0.2, 0) is 16.0 Å². The van der Waals surface area contributed by atoms with E-state index in [2.05, 4.69) is 33.7 Å². The van der Waals surface area contributed by atoms with Gasteiger partial charge in [0.25, 0.3) is 10.9 Å². The number of hydrogen-bond donors (Lipinski definition) is 3. The zero-order chi connectivity index (χ0) is 33.7. The Bertz CT molecular complexity index is 1510. The predicted molar refractivity (Wildman–Crippen MR) is 190 cm³/mol. The first-order valence-electron chi connectivity index (χ1n) is 17.9. The highest BCUT2D eigenvalue weighted by atomic mass is 16.5. The van der Waals surface area contributed by atoms with Crippen LogP contribution in [0.1, 0.15) is 87.0 Å². The summed E-state index contributed by atoms with van der Waals surface area (Å²) in [6.07, 6.45) is 9.42. The van der Waals surface area contributed by atoms with E-state index < -0.39 is 17.0 Å². The van der Waals surface area contributed by atoms with Crippen molar-refractivity contribution in [2.45, 2.75) is 89.0 Å². The maximum atomic E-state index is 13.2. The summed E-state index contributed by atoms with van der Waals surface area (Å²) in [6, 6.07) is 19.5. The molecule has 4 atom stereocenters. The summed E-state index contributed by atoms with van der Waals surface area (Å²) in [4.78, 5) is 28.4. The lowest BCUT2D eigenvalue weighted by Gasteiger charge is -2.40. The largest absolute Gasteiger partial charge is 0.390 e. The van der Waals surface area contributed by atoms with E-state index in [4.69, 9.17) is 14.7 Å². The van der Waals surface area contributed by atoms with Gasteiger partial charge in [-0.1, -0.05) is 74.6 Å². The molecular formula is C39H52N4O5. The van der Waals surface area contributed by atoms with E-state index in [1.807, 2.05) is 30.3 Å². The smallest absolute Gasteiger partial charge is 0.253 e. The Morgan fingerprint density at radius 1 is 0.958 bits per heavy atom. The van der Waals surface area contributed by atoms with Crippen molar-refractivity contribution in [2.24, 2.45) is 11.8 Å². The Labute approximate surface area is 285 Å². The summed E-state index contributed by atoms with van der Waals surface area (Å²) in [7, 11) is 1.71. The van der Waals surface area contributed by atoms with Crippen LogP contribution in [0.3, 0.4) is 0 Å². The Balaban J connectivity index is 1.28. The highest BCUT2D eigenvalue weighted by molar-refractivity contribution is 5.75. The fourth-order valence-corrected chi connectivity index (χ4v) is 7.46. The van der Waals surface area contributed by atoms with E-state index in [-0.39, 0.29) is 18.1 Å². The number of nitriles is 1. The Morgan fingerprint density at radius 3 is 2.44 bits per heavy atom. The first-order chi connectivity index (χ1) is 23.5. The lowest BCUT2D eigenvalue weighted by molar-refractivity contribution is 0.00229. The fraction of sp³-hybridized carbons (Fsp3) is 0.564. The number of methoxy groups -OCH3 is 1. The topological polar surface area (TPSA) is 124 Å². The van der Waals surface area contributed by atoms with Crippen molar-refractivity contribution in [1.82, 2.24) is 5.32 Å². The van der Waals surface area contributed by atoms with Gasteiger partial charge in [0.1, 0.15) is 11.4 Å². The molecule has 0 radical (unpaired) electrons. The summed E-state index contributed by atoms with van der Waals surface area (Å²) in [5, 5.41) is 27.3. The molecule has 9 nitrogen and oxygen atoms in total. The van der Waals surface area contributed by atoms with Crippen LogP contribution in [0.2, 0.25) is 0 Å². The number of piperidine rings is 1. The van der Waals surface area contributed by atoms with E-state index in [9.17, 15) is 14.7 Å². The molecule has 0 aromatic heterocycles. The maximum Gasteiger partial charge on any atom is 0.253 e. The average molecular weight is 657 g/mol. The van der Waals surface area contributed by atoms with Crippen molar-refractivity contribution in [1.29, 1.82) is 5.26 Å². The second kappa shape index (κ2) is 18.3. The highest BCUT2D eigenvalue weighted by Gasteiger charge is 2.35. The van der Waals surface area contributed by atoms with Gasteiger partial charge in [-0.15, -0.1) is 0 Å². The first kappa shape index (κ1) is 35.7. The van der Waals surface area contributed by atoms with Crippen LogP contribution < -0.4 is 26.4 Å². The standard InChI is InChI=1S/C39H52N4O5/c1-47-21-8-9-22-48-39(31-13-6-3-7-14-31)32-15-10-20-43(27-32)36-35(37(45)38(36)46)42-33(23-28-11-4-2-5-12-28)34(44)26-41-25-30-18-16-29(24-40)17-19-30/h3,6-7,13-14,16-19,28,32-34,39,41-42,44H,2,4-5,8-12,15,20-23,25-27H2,1H3/t32?,33-,34+,39?/m0/s1. The summed E-state index contributed by atoms with van der Waals surface area (Å²) in [5.74, 6) is 0.627. The van der Waals surface area contributed by atoms with Gasteiger partial charge in [-0.3, -0.25) is 9.59 Å². The summed E-state index contributed by atoms with van der Waals surface area (Å²) in [5.41, 5.74) is 2.64. The van der Waals surface area contributed by atoms with Gasteiger partial charge < -0.3 is 30.1 Å². The Morgan fingerprint density at radius 2 is 1.71 bits per heavy atom. The number of aliphatic hydroxyl groups is 1. The van der Waals surface area contributed by atoms with Crippen LogP contribution in [0.4, 0.5) is 11.4 Å². The van der Waals surface area contributed by atoms with Crippen LogP contribution in [-0.4, -0.2) is 57.2 Å². The molecule has 2 aliphatic rings. The van der Waals surface area contributed by atoms with Crippen molar-refractivity contribution in [2.75, 3.05) is 50.2 Å². The summed E-state index contributed by atoms with van der Waals surface area (Å²) >= 11 is 0. The Kier molecular flexibility index (Phi) is 13.6. The number of anilines is 2. The van der Waals surface area contributed by atoms with Gasteiger partial charge in [0.2, 0.25) is 0 Å². The van der Waals surface area contributed by atoms with Gasteiger partial charge >= 0.3 is 0 Å². The molecule has 3 aromatic carbocycles. The van der Waals surface area contributed by atoms with Gasteiger partial charge in [0.15, 0.2) is 0 Å². The third-order valence-electron chi connectivity index (χ3n) is 10.1. The van der Waals surface area contributed by atoms with E-state index in [1.54, 1.807) is 19.2 Å². The molecule has 9 heteroatoms. The van der Waals surface area contributed by atoms with Crippen molar-refractivity contribution in [3.05, 3.63) is 91.7 Å². The van der Waals surface area contributed by atoms with Gasteiger partial charge in [0.05, 0.1) is 29.9 Å². The zero-order valence-corrected chi connectivity index (χ0v) is 28.4. The van der Waals surface area contributed by atoms with Crippen LogP contribution in [0.25, 0.3) is 0 Å². The molecule has 48 heavy (non-hydrogen) atoms. The number of nitrogens with one attached hydrogen (secondary N) is 2. The SMILES string of the molecule is COCCCCOC(c1ccccc1)C1CCCN(c2c(N[C@@H](CC3CCCCC3)[C@H](O)CNCc3ccc(C#N)cc3)c(=O)c2=O)C1. The molecule has 2 fully saturated rings. The number of unbranched alkanes of at least 4 members (excludes halogenated alkanes) is 1. The van der Waals surface area contributed by atoms with Crippen molar-refractivity contribution < 1.29 is 14.6 Å². The number of aliphatic hydroxyl groups excluding tert-OH is 1. The maximum absolute atomic E-state index is 13.2. The van der Waals surface area contributed by atoms with Crippen molar-refractivity contribution in [3.63, 3.8) is 0 Å². The summed E-state index contributed by atoms with van der Waals surface area (Å²) in [6.45, 7) is 3.55. The molecular weight excluding hydrogens is 604 g/mol. The second-order valence-corrected chi connectivity index (χ2v) is 13.6. The Hall–Kier alpha value is -3.55. The number of hydrogen-bond acceptors (Lipinski definition) is 9. The van der Waals surface area contributed by atoms with Crippen molar-refractivity contribution in [3.8, 4) is 6.07 Å². The molecule has 0 amide bonds. The number of nitrogens with zero attached hydrogens (tertiary/aromatic N) is 2. The summed E-state index contributed by atoms with van der Waals surface area (Å²) < 4.78 is 11.7. The van der Waals surface area contributed by atoms with Gasteiger partial charge in [-0.05, 0) is 61.3 Å². The van der Waals surface area contributed by atoms with Crippen LogP contribution in [0.15, 0.2) is 64.2 Å². The van der Waals surface area contributed by atoms with Gasteiger partial charge in [-0.25, -0.2) is 0 Å². The van der Waals surface area contributed by atoms with E-state index in [0.29, 0.717) is 62.2 Å². The highest BCUT2D eigenvalue weighted by Crippen LogP contribution is 2.36. The number of benzene rings is 2. The molecule has 258 valence electrons. The van der Waals surface area contributed by atoms with E-state index in [1.165, 1.54) is 19.3 Å². The third-order valence-corrected chi connectivity index (χ3v) is 10.1. The minimum atomic E-state index is -0.759.